The minimum Gasteiger partial charge on any atom is -0.324 e. The first-order valence-corrected chi connectivity index (χ1v) is 8.86. The molecule has 2 aromatic rings. The summed E-state index contributed by atoms with van der Waals surface area (Å²) < 4.78 is 0. The Morgan fingerprint density at radius 2 is 1.81 bits per heavy atom. The highest BCUT2D eigenvalue weighted by Crippen LogP contribution is 2.29. The molecule has 2 N–H and O–H groups in total. The van der Waals surface area contributed by atoms with Crippen LogP contribution < -0.4 is 10.6 Å². The molecule has 0 bridgehead atoms. The van der Waals surface area contributed by atoms with Crippen molar-refractivity contribution in [3.8, 4) is 0 Å². The van der Waals surface area contributed by atoms with Gasteiger partial charge in [-0.25, -0.2) is 4.79 Å². The molecule has 6 nitrogen and oxygen atoms in total. The number of rotatable bonds is 4. The van der Waals surface area contributed by atoms with Gasteiger partial charge in [-0.1, -0.05) is 41.4 Å². The molecule has 0 radical (unpaired) electrons. The number of carbonyl (C=O) groups is 3. The Morgan fingerprint density at radius 1 is 1.15 bits per heavy atom. The summed E-state index contributed by atoms with van der Waals surface area (Å²) in [6, 6.07) is 11.8. The number of amides is 4. The van der Waals surface area contributed by atoms with Crippen LogP contribution in [0.1, 0.15) is 23.6 Å². The van der Waals surface area contributed by atoms with Crippen molar-refractivity contribution >= 4 is 35.1 Å². The fourth-order valence-corrected chi connectivity index (χ4v) is 3.25. The molecule has 0 saturated carbocycles. The molecular formula is C20H20ClN3O3. The minimum absolute atomic E-state index is 0.367. The monoisotopic (exact) mass is 385 g/mol. The van der Waals surface area contributed by atoms with Crippen molar-refractivity contribution in [1.29, 1.82) is 0 Å². The van der Waals surface area contributed by atoms with Crippen molar-refractivity contribution in [1.82, 2.24) is 10.2 Å². The van der Waals surface area contributed by atoms with Gasteiger partial charge >= 0.3 is 6.03 Å². The summed E-state index contributed by atoms with van der Waals surface area (Å²) >= 11 is 5.91. The number of hydrogen-bond acceptors (Lipinski definition) is 3. The molecule has 1 saturated heterocycles. The Morgan fingerprint density at radius 3 is 2.44 bits per heavy atom. The fraction of sp³-hybridized carbons (Fsp3) is 0.250. The zero-order valence-electron chi connectivity index (χ0n) is 15.3. The molecule has 0 aromatic heterocycles. The van der Waals surface area contributed by atoms with Crippen LogP contribution >= 0.6 is 11.6 Å². The minimum atomic E-state index is -1.19. The lowest BCUT2D eigenvalue weighted by molar-refractivity contribution is -0.133. The number of anilines is 1. The van der Waals surface area contributed by atoms with Crippen LogP contribution in [0.5, 0.6) is 0 Å². The van der Waals surface area contributed by atoms with Gasteiger partial charge in [0.15, 0.2) is 0 Å². The lowest BCUT2D eigenvalue weighted by Gasteiger charge is -2.22. The molecule has 27 heavy (non-hydrogen) atoms. The van der Waals surface area contributed by atoms with Crippen molar-refractivity contribution in [3.05, 3.63) is 64.2 Å². The Kier molecular flexibility index (Phi) is 4.93. The second-order valence-electron chi connectivity index (χ2n) is 6.82. The molecule has 1 aliphatic rings. The topological polar surface area (TPSA) is 78.5 Å². The summed E-state index contributed by atoms with van der Waals surface area (Å²) in [6.07, 6.45) is 0. The van der Waals surface area contributed by atoms with Crippen molar-refractivity contribution in [2.75, 3.05) is 11.9 Å². The highest BCUT2D eigenvalue weighted by Gasteiger charge is 2.49. The maximum Gasteiger partial charge on any atom is 0.325 e. The first kappa shape index (κ1) is 18.9. The van der Waals surface area contributed by atoms with E-state index in [2.05, 4.69) is 10.6 Å². The van der Waals surface area contributed by atoms with Gasteiger partial charge < -0.3 is 10.6 Å². The van der Waals surface area contributed by atoms with Gasteiger partial charge in [0.2, 0.25) is 5.91 Å². The molecular weight excluding hydrogens is 366 g/mol. The molecule has 7 heteroatoms. The summed E-state index contributed by atoms with van der Waals surface area (Å²) in [6.45, 7) is 5.02. The molecule has 4 amide bonds. The standard InChI is InChI=1S/C20H20ClN3O3/c1-12-4-6-14(7-5-12)20(3)18(26)24(19(27)23-20)11-17(25)22-16-9-8-15(21)10-13(16)2/h4-10H,11H2,1-3H3,(H,22,25)(H,23,27). The van der Waals surface area contributed by atoms with Gasteiger partial charge in [0.1, 0.15) is 12.1 Å². The fourth-order valence-electron chi connectivity index (χ4n) is 3.02. The van der Waals surface area contributed by atoms with Crippen LogP contribution in [0.25, 0.3) is 0 Å². The lowest BCUT2D eigenvalue weighted by atomic mass is 9.91. The molecule has 0 aliphatic carbocycles. The van der Waals surface area contributed by atoms with E-state index in [1.165, 1.54) is 0 Å². The highest BCUT2D eigenvalue weighted by molar-refractivity contribution is 6.30. The maximum atomic E-state index is 12.9. The predicted octanol–water partition coefficient (Wildman–Crippen LogP) is 3.36. The largest absolute Gasteiger partial charge is 0.325 e. The van der Waals surface area contributed by atoms with E-state index in [1.807, 2.05) is 26.0 Å². The van der Waals surface area contributed by atoms with Gasteiger partial charge in [-0.15, -0.1) is 0 Å². The smallest absolute Gasteiger partial charge is 0.324 e. The molecule has 1 unspecified atom stereocenters. The number of aryl methyl sites for hydroxylation is 2. The predicted molar refractivity (Wildman–Crippen MR) is 104 cm³/mol. The second kappa shape index (κ2) is 7.04. The van der Waals surface area contributed by atoms with Crippen LogP contribution in [0.2, 0.25) is 5.02 Å². The van der Waals surface area contributed by atoms with Gasteiger partial charge in [0.05, 0.1) is 0 Å². The van der Waals surface area contributed by atoms with E-state index in [-0.39, 0.29) is 6.54 Å². The number of urea groups is 1. The van der Waals surface area contributed by atoms with E-state index < -0.39 is 23.4 Å². The number of hydrogen-bond donors (Lipinski definition) is 2. The lowest BCUT2D eigenvalue weighted by Crippen LogP contribution is -2.42. The van der Waals surface area contributed by atoms with Crippen molar-refractivity contribution in [3.63, 3.8) is 0 Å². The van der Waals surface area contributed by atoms with Gasteiger partial charge in [-0.3, -0.25) is 14.5 Å². The third kappa shape index (κ3) is 3.66. The molecule has 1 aliphatic heterocycles. The Hall–Kier alpha value is -2.86. The summed E-state index contributed by atoms with van der Waals surface area (Å²) in [5.41, 5.74) is 1.90. The molecule has 0 spiro atoms. The molecule has 1 atom stereocenters. The summed E-state index contributed by atoms with van der Waals surface area (Å²) in [4.78, 5) is 38.5. The van der Waals surface area contributed by atoms with E-state index in [4.69, 9.17) is 11.6 Å². The Balaban J connectivity index is 1.75. The molecule has 3 rings (SSSR count). The van der Waals surface area contributed by atoms with Crippen LogP contribution in [-0.2, 0) is 15.1 Å². The number of benzene rings is 2. The molecule has 1 fully saturated rings. The van der Waals surface area contributed by atoms with Crippen LogP contribution in [0, 0.1) is 13.8 Å². The number of imide groups is 1. The normalized spacial score (nSPS) is 19.2. The van der Waals surface area contributed by atoms with E-state index in [9.17, 15) is 14.4 Å². The van der Waals surface area contributed by atoms with Crippen LogP contribution in [0.3, 0.4) is 0 Å². The average Bonchev–Trinajstić information content (AvgIpc) is 2.82. The van der Waals surface area contributed by atoms with Crippen molar-refractivity contribution in [2.24, 2.45) is 0 Å². The second-order valence-corrected chi connectivity index (χ2v) is 7.26. The SMILES string of the molecule is Cc1ccc(C2(C)NC(=O)N(CC(=O)Nc3ccc(Cl)cc3C)C2=O)cc1. The first-order chi connectivity index (χ1) is 12.7. The number of nitrogens with one attached hydrogen (secondary N) is 2. The third-order valence-corrected chi connectivity index (χ3v) is 4.90. The number of nitrogens with zero attached hydrogens (tertiary/aromatic N) is 1. The van der Waals surface area contributed by atoms with Gasteiger partial charge in [-0.05, 0) is 50.1 Å². The molecule has 140 valence electrons. The average molecular weight is 386 g/mol. The van der Waals surface area contributed by atoms with E-state index in [1.54, 1.807) is 37.3 Å². The molecule has 2 aromatic carbocycles. The summed E-state index contributed by atoms with van der Waals surface area (Å²) in [7, 11) is 0. The summed E-state index contributed by atoms with van der Waals surface area (Å²) in [5.74, 6) is -0.920. The third-order valence-electron chi connectivity index (χ3n) is 4.67. The first-order valence-electron chi connectivity index (χ1n) is 8.48. The van der Waals surface area contributed by atoms with Gasteiger partial charge in [0, 0.05) is 10.7 Å². The van der Waals surface area contributed by atoms with Crippen molar-refractivity contribution < 1.29 is 14.4 Å². The zero-order chi connectivity index (χ0) is 19.8. The highest BCUT2D eigenvalue weighted by atomic mass is 35.5. The number of halogens is 1. The summed E-state index contributed by atoms with van der Waals surface area (Å²) in [5, 5.41) is 5.97. The van der Waals surface area contributed by atoms with E-state index in [0.29, 0.717) is 16.3 Å². The van der Waals surface area contributed by atoms with Crippen LogP contribution in [0.15, 0.2) is 42.5 Å². The Bertz CT molecular complexity index is 927. The van der Waals surface area contributed by atoms with Gasteiger partial charge in [-0.2, -0.15) is 0 Å². The van der Waals surface area contributed by atoms with E-state index >= 15 is 0 Å². The van der Waals surface area contributed by atoms with Gasteiger partial charge in [0.25, 0.3) is 5.91 Å². The Labute approximate surface area is 162 Å². The zero-order valence-corrected chi connectivity index (χ0v) is 16.1. The maximum absolute atomic E-state index is 12.9. The van der Waals surface area contributed by atoms with Crippen LogP contribution in [-0.4, -0.2) is 29.3 Å². The molecule has 1 heterocycles. The quantitative estimate of drug-likeness (QED) is 0.792. The van der Waals surface area contributed by atoms with Crippen molar-refractivity contribution in [2.45, 2.75) is 26.3 Å². The number of carbonyl (C=O) groups excluding carboxylic acids is 3. The van der Waals surface area contributed by atoms with Crippen LogP contribution in [0.4, 0.5) is 10.5 Å². The van der Waals surface area contributed by atoms with E-state index in [0.717, 1.165) is 16.0 Å².